The summed E-state index contributed by atoms with van der Waals surface area (Å²) < 4.78 is 0. The minimum absolute atomic E-state index is 0.0192. The van der Waals surface area contributed by atoms with Crippen LogP contribution in [-0.4, -0.2) is 71.4 Å². The molecule has 23 heavy (non-hydrogen) atoms. The number of thioether (sulfide) groups is 1. The Hall–Kier alpha value is -0.750. The second-order valence-corrected chi connectivity index (χ2v) is 8.42. The van der Waals surface area contributed by atoms with Crippen LogP contribution < -0.4 is 5.32 Å². The molecule has 3 rings (SSSR count). The highest BCUT2D eigenvalue weighted by Gasteiger charge is 2.41. The highest BCUT2D eigenvalue weighted by Crippen LogP contribution is 2.36. The SMILES string of the molecule is CC(=O)N1CCC(C(=O)NCC2(N3CCSCC3)CCCC2)C1. The molecule has 2 amide bonds. The van der Waals surface area contributed by atoms with E-state index in [9.17, 15) is 9.59 Å². The molecular weight excluding hydrogens is 310 g/mol. The topological polar surface area (TPSA) is 52.7 Å². The zero-order valence-electron chi connectivity index (χ0n) is 14.2. The van der Waals surface area contributed by atoms with Crippen molar-refractivity contribution in [3.63, 3.8) is 0 Å². The van der Waals surface area contributed by atoms with Gasteiger partial charge in [-0.05, 0) is 19.3 Å². The average molecular weight is 340 g/mol. The molecule has 1 atom stereocenters. The van der Waals surface area contributed by atoms with E-state index in [-0.39, 0.29) is 23.3 Å². The predicted octanol–water partition coefficient (Wildman–Crippen LogP) is 1.33. The maximum absolute atomic E-state index is 12.5. The Balaban J connectivity index is 1.55. The Labute approximate surface area is 143 Å². The van der Waals surface area contributed by atoms with Gasteiger partial charge in [-0.2, -0.15) is 11.8 Å². The van der Waals surface area contributed by atoms with E-state index in [0.717, 1.165) is 32.6 Å². The molecule has 130 valence electrons. The number of hydrogen-bond donors (Lipinski definition) is 1. The summed E-state index contributed by atoms with van der Waals surface area (Å²) in [6, 6.07) is 0. The third-order valence-electron chi connectivity index (χ3n) is 5.81. The second kappa shape index (κ2) is 7.43. The fourth-order valence-corrected chi connectivity index (χ4v) is 5.23. The zero-order valence-corrected chi connectivity index (χ0v) is 15.0. The van der Waals surface area contributed by atoms with Crippen LogP contribution in [0.3, 0.4) is 0 Å². The summed E-state index contributed by atoms with van der Waals surface area (Å²) in [5.74, 6) is 2.64. The van der Waals surface area contributed by atoms with Crippen LogP contribution >= 0.6 is 11.8 Å². The van der Waals surface area contributed by atoms with Gasteiger partial charge in [-0.3, -0.25) is 14.5 Å². The molecule has 0 aromatic carbocycles. The van der Waals surface area contributed by atoms with Gasteiger partial charge in [0.2, 0.25) is 11.8 Å². The van der Waals surface area contributed by atoms with Crippen LogP contribution in [0, 0.1) is 5.92 Å². The molecule has 3 fully saturated rings. The van der Waals surface area contributed by atoms with Crippen LogP contribution in [0.5, 0.6) is 0 Å². The lowest BCUT2D eigenvalue weighted by atomic mass is 9.94. The van der Waals surface area contributed by atoms with Crippen molar-refractivity contribution in [2.24, 2.45) is 5.92 Å². The molecule has 0 bridgehead atoms. The molecular formula is C17H29N3O2S. The van der Waals surface area contributed by atoms with Gasteiger partial charge >= 0.3 is 0 Å². The highest BCUT2D eigenvalue weighted by molar-refractivity contribution is 7.99. The van der Waals surface area contributed by atoms with Gasteiger partial charge in [0.25, 0.3) is 0 Å². The van der Waals surface area contributed by atoms with Gasteiger partial charge in [0.15, 0.2) is 0 Å². The van der Waals surface area contributed by atoms with Crippen LogP contribution in [0.1, 0.15) is 39.0 Å². The molecule has 1 unspecified atom stereocenters. The third kappa shape index (κ3) is 3.85. The summed E-state index contributed by atoms with van der Waals surface area (Å²) in [6.07, 6.45) is 5.78. The van der Waals surface area contributed by atoms with Crippen LogP contribution in [0.15, 0.2) is 0 Å². The van der Waals surface area contributed by atoms with E-state index in [1.807, 2.05) is 11.8 Å². The molecule has 5 nitrogen and oxygen atoms in total. The van der Waals surface area contributed by atoms with Crippen LogP contribution in [-0.2, 0) is 9.59 Å². The van der Waals surface area contributed by atoms with E-state index < -0.39 is 0 Å². The van der Waals surface area contributed by atoms with E-state index >= 15 is 0 Å². The van der Waals surface area contributed by atoms with Crippen molar-refractivity contribution >= 4 is 23.6 Å². The molecule has 2 aliphatic heterocycles. The largest absolute Gasteiger partial charge is 0.354 e. The van der Waals surface area contributed by atoms with E-state index in [2.05, 4.69) is 10.2 Å². The van der Waals surface area contributed by atoms with Crippen LogP contribution in [0.25, 0.3) is 0 Å². The molecule has 6 heteroatoms. The van der Waals surface area contributed by atoms with Gasteiger partial charge in [-0.25, -0.2) is 0 Å². The second-order valence-electron chi connectivity index (χ2n) is 7.20. The van der Waals surface area contributed by atoms with E-state index in [0.29, 0.717) is 6.54 Å². The van der Waals surface area contributed by atoms with Gasteiger partial charge < -0.3 is 10.2 Å². The van der Waals surface area contributed by atoms with E-state index in [4.69, 9.17) is 0 Å². The number of rotatable bonds is 4. The smallest absolute Gasteiger partial charge is 0.225 e. The first-order valence-electron chi connectivity index (χ1n) is 8.97. The monoisotopic (exact) mass is 339 g/mol. The van der Waals surface area contributed by atoms with Crippen molar-refractivity contribution in [3.8, 4) is 0 Å². The molecule has 3 aliphatic rings. The fourth-order valence-electron chi connectivity index (χ4n) is 4.33. The van der Waals surface area contributed by atoms with Crippen molar-refractivity contribution in [2.75, 3.05) is 44.2 Å². The lowest BCUT2D eigenvalue weighted by Crippen LogP contribution is -2.57. The number of carbonyl (C=O) groups excluding carboxylic acids is 2. The summed E-state index contributed by atoms with van der Waals surface area (Å²) >= 11 is 2.04. The molecule has 1 saturated carbocycles. The maximum atomic E-state index is 12.5. The van der Waals surface area contributed by atoms with Crippen LogP contribution in [0.4, 0.5) is 0 Å². The molecule has 0 spiro atoms. The Morgan fingerprint density at radius 3 is 2.48 bits per heavy atom. The number of nitrogens with zero attached hydrogens (tertiary/aromatic N) is 2. The molecule has 2 heterocycles. The van der Waals surface area contributed by atoms with E-state index in [1.54, 1.807) is 11.8 Å². The summed E-state index contributed by atoms with van der Waals surface area (Å²) in [7, 11) is 0. The van der Waals surface area contributed by atoms with E-state index in [1.165, 1.54) is 37.2 Å². The molecule has 2 saturated heterocycles. The van der Waals surface area contributed by atoms with Crippen molar-refractivity contribution in [3.05, 3.63) is 0 Å². The Morgan fingerprint density at radius 2 is 1.87 bits per heavy atom. The summed E-state index contributed by atoms with van der Waals surface area (Å²) in [5.41, 5.74) is 0.190. The van der Waals surface area contributed by atoms with Gasteiger partial charge in [-0.1, -0.05) is 12.8 Å². The van der Waals surface area contributed by atoms with Crippen molar-refractivity contribution in [1.82, 2.24) is 15.1 Å². The van der Waals surface area contributed by atoms with Gasteiger partial charge in [0.05, 0.1) is 5.92 Å². The average Bonchev–Trinajstić information content (AvgIpc) is 3.24. The predicted molar refractivity (Wildman–Crippen MR) is 93.5 cm³/mol. The summed E-state index contributed by atoms with van der Waals surface area (Å²) in [4.78, 5) is 28.4. The quantitative estimate of drug-likeness (QED) is 0.840. The van der Waals surface area contributed by atoms with Crippen molar-refractivity contribution in [1.29, 1.82) is 0 Å². The number of carbonyl (C=O) groups is 2. The molecule has 0 aromatic heterocycles. The molecule has 1 aliphatic carbocycles. The highest BCUT2D eigenvalue weighted by atomic mass is 32.2. The van der Waals surface area contributed by atoms with Crippen molar-refractivity contribution in [2.45, 2.75) is 44.6 Å². The van der Waals surface area contributed by atoms with Gasteiger partial charge in [0.1, 0.15) is 0 Å². The molecule has 0 aromatic rings. The summed E-state index contributed by atoms with van der Waals surface area (Å²) in [6.45, 7) is 6.00. The first kappa shape index (κ1) is 17.1. The maximum Gasteiger partial charge on any atom is 0.225 e. The number of amides is 2. The minimum Gasteiger partial charge on any atom is -0.354 e. The first-order valence-corrected chi connectivity index (χ1v) is 10.1. The third-order valence-corrected chi connectivity index (χ3v) is 6.75. The lowest BCUT2D eigenvalue weighted by Gasteiger charge is -2.43. The zero-order chi connectivity index (χ0) is 16.3. The fraction of sp³-hybridized carbons (Fsp3) is 0.882. The Kier molecular flexibility index (Phi) is 5.52. The number of nitrogens with one attached hydrogen (secondary N) is 1. The normalized spacial score (nSPS) is 28.0. The Morgan fingerprint density at radius 1 is 1.17 bits per heavy atom. The number of likely N-dealkylation sites (tertiary alicyclic amines) is 1. The lowest BCUT2D eigenvalue weighted by molar-refractivity contribution is -0.128. The summed E-state index contributed by atoms with van der Waals surface area (Å²) in [5, 5.41) is 3.24. The standard InChI is InChI=1S/C17H29N3O2S/c1-14(21)19-7-4-15(12-19)16(22)18-13-17(5-2-3-6-17)20-8-10-23-11-9-20/h15H,2-13H2,1H3,(H,18,22). The first-order chi connectivity index (χ1) is 11.1. The van der Waals surface area contributed by atoms with Crippen molar-refractivity contribution < 1.29 is 9.59 Å². The molecule has 0 radical (unpaired) electrons. The van der Waals surface area contributed by atoms with Crippen LogP contribution in [0.2, 0.25) is 0 Å². The van der Waals surface area contributed by atoms with Gasteiger partial charge in [-0.15, -0.1) is 0 Å². The Bertz CT molecular complexity index is 445. The minimum atomic E-state index is -0.0192. The molecule has 1 N–H and O–H groups in total. The van der Waals surface area contributed by atoms with Gasteiger partial charge in [0, 0.05) is 56.7 Å². The number of hydrogen-bond acceptors (Lipinski definition) is 4.